The van der Waals surface area contributed by atoms with Crippen LogP contribution in [0, 0.1) is 11.8 Å². The molecule has 0 bridgehead atoms. The van der Waals surface area contributed by atoms with Gasteiger partial charge in [-0.1, -0.05) is 19.9 Å². The average molecular weight is 721 g/mol. The number of benzene rings is 2. The standard InChI is InChI=1S/C34H44N2O11S2/c1-22(2)18-36(49(40,41)26-12-14-30-32(17-26)45-21-43-30)19-28(37)27(35-33(38)46-34(3,4)5)15-23-7-6-8-24(10-9-23)47-48(39)25-11-13-29-31(16-25)44-20-42-29/h8-14,16-17,22-23,27-28,37H,6-7,15,18-21H2,1-5H3,(H,35,38)/t23?,27-,28+,48?/m0/s1. The number of aliphatic hydroxyl groups excluding tert-OH is 1. The van der Waals surface area contributed by atoms with Gasteiger partial charge < -0.3 is 38.3 Å². The second kappa shape index (κ2) is 15.4. The minimum Gasteiger partial charge on any atom is -0.454 e. The lowest BCUT2D eigenvalue weighted by Crippen LogP contribution is -2.51. The number of carbonyl (C=O) groups is 1. The first kappa shape index (κ1) is 36.5. The van der Waals surface area contributed by atoms with Crippen molar-refractivity contribution >= 4 is 27.2 Å². The molecule has 49 heavy (non-hydrogen) atoms. The predicted octanol–water partition coefficient (Wildman–Crippen LogP) is 5.02. The van der Waals surface area contributed by atoms with Crippen molar-refractivity contribution in [2.45, 2.75) is 81.4 Å². The van der Waals surface area contributed by atoms with E-state index in [1.807, 2.05) is 26.0 Å². The van der Waals surface area contributed by atoms with Gasteiger partial charge in [-0.25, -0.2) is 17.4 Å². The van der Waals surface area contributed by atoms with Crippen molar-refractivity contribution < 1.29 is 50.4 Å². The average Bonchev–Trinajstić information content (AvgIpc) is 3.64. The molecule has 0 aromatic heterocycles. The number of ether oxygens (including phenoxy) is 5. The zero-order valence-corrected chi connectivity index (χ0v) is 29.9. The highest BCUT2D eigenvalue weighted by molar-refractivity contribution is 7.89. The highest BCUT2D eigenvalue weighted by Crippen LogP contribution is 2.36. The molecule has 0 fully saturated rings. The Kier molecular flexibility index (Phi) is 11.5. The molecule has 2 aliphatic heterocycles. The van der Waals surface area contributed by atoms with E-state index in [9.17, 15) is 22.5 Å². The molecule has 13 nitrogen and oxygen atoms in total. The number of fused-ring (bicyclic) bond motifs is 2. The van der Waals surface area contributed by atoms with Crippen LogP contribution < -0.4 is 24.3 Å². The third-order valence-corrected chi connectivity index (χ3v) is 10.6. The molecule has 2 aromatic rings. The number of rotatable bonds is 13. The van der Waals surface area contributed by atoms with Gasteiger partial charge in [0.25, 0.3) is 0 Å². The van der Waals surface area contributed by atoms with Crippen molar-refractivity contribution in [1.82, 2.24) is 9.62 Å². The lowest BCUT2D eigenvalue weighted by atomic mass is 9.92. The third kappa shape index (κ3) is 9.68. The molecule has 0 radical (unpaired) electrons. The van der Waals surface area contributed by atoms with Crippen LogP contribution in [0.15, 0.2) is 70.2 Å². The predicted molar refractivity (Wildman–Crippen MR) is 180 cm³/mol. The molecule has 5 rings (SSSR count). The van der Waals surface area contributed by atoms with E-state index in [0.717, 1.165) is 0 Å². The Morgan fingerprint density at radius 3 is 2.35 bits per heavy atom. The van der Waals surface area contributed by atoms with E-state index >= 15 is 0 Å². The minimum atomic E-state index is -4.08. The Morgan fingerprint density at radius 2 is 1.67 bits per heavy atom. The lowest BCUT2D eigenvalue weighted by Gasteiger charge is -2.32. The summed E-state index contributed by atoms with van der Waals surface area (Å²) < 4.78 is 74.7. The zero-order chi connectivity index (χ0) is 35.3. The Balaban J connectivity index is 1.30. The molecule has 0 saturated carbocycles. The van der Waals surface area contributed by atoms with E-state index in [1.165, 1.54) is 16.4 Å². The summed E-state index contributed by atoms with van der Waals surface area (Å²) in [6, 6.07) is 8.47. The molecule has 1 aliphatic carbocycles. The van der Waals surface area contributed by atoms with E-state index in [1.54, 1.807) is 51.1 Å². The van der Waals surface area contributed by atoms with Gasteiger partial charge in [-0.3, -0.25) is 0 Å². The molecule has 1 amide bonds. The van der Waals surface area contributed by atoms with E-state index in [-0.39, 0.29) is 49.8 Å². The maximum atomic E-state index is 13.9. The van der Waals surface area contributed by atoms with Crippen LogP contribution in [0.3, 0.4) is 0 Å². The maximum Gasteiger partial charge on any atom is 0.407 e. The molecular weight excluding hydrogens is 677 g/mol. The molecule has 3 aliphatic rings. The molecule has 15 heteroatoms. The number of alkyl carbamates (subject to hydrolysis) is 1. The zero-order valence-electron chi connectivity index (χ0n) is 28.2. The van der Waals surface area contributed by atoms with Gasteiger partial charge in [0.05, 0.1) is 21.9 Å². The first-order valence-corrected chi connectivity index (χ1v) is 18.6. The summed E-state index contributed by atoms with van der Waals surface area (Å²) in [4.78, 5) is 13.4. The van der Waals surface area contributed by atoms with E-state index < -0.39 is 44.9 Å². The quantitative estimate of drug-likeness (QED) is 0.286. The summed E-state index contributed by atoms with van der Waals surface area (Å²) in [5, 5.41) is 14.4. The Hall–Kier alpha value is -3.79. The lowest BCUT2D eigenvalue weighted by molar-refractivity contribution is 0.0378. The van der Waals surface area contributed by atoms with Gasteiger partial charge in [0.15, 0.2) is 23.0 Å². The molecule has 2 heterocycles. The van der Waals surface area contributed by atoms with Crippen molar-refractivity contribution in [2.24, 2.45) is 11.8 Å². The van der Waals surface area contributed by atoms with Crippen LogP contribution in [-0.2, 0) is 30.0 Å². The third-order valence-electron chi connectivity index (χ3n) is 7.79. The fraction of sp³-hybridized carbons (Fsp3) is 0.500. The van der Waals surface area contributed by atoms with E-state index in [0.29, 0.717) is 46.5 Å². The number of aliphatic hydroxyl groups is 1. The number of sulfonamides is 1. The number of nitrogens with one attached hydrogen (secondary N) is 1. The number of carbonyl (C=O) groups excluding carboxylic acids is 1. The Morgan fingerprint density at radius 1 is 1.02 bits per heavy atom. The highest BCUT2D eigenvalue weighted by Gasteiger charge is 2.34. The molecule has 2 unspecified atom stereocenters. The van der Waals surface area contributed by atoms with Crippen LogP contribution in [0.2, 0.25) is 0 Å². The van der Waals surface area contributed by atoms with E-state index in [2.05, 4.69) is 5.32 Å². The molecule has 0 saturated heterocycles. The van der Waals surface area contributed by atoms with Crippen LogP contribution in [0.4, 0.5) is 4.79 Å². The second-order valence-corrected chi connectivity index (χ2v) is 16.5. The van der Waals surface area contributed by atoms with Crippen molar-refractivity contribution in [1.29, 1.82) is 0 Å². The number of amides is 1. The topological polar surface area (TPSA) is 159 Å². The van der Waals surface area contributed by atoms with Gasteiger partial charge in [0.2, 0.25) is 34.7 Å². The van der Waals surface area contributed by atoms with Crippen molar-refractivity contribution in [3.8, 4) is 23.0 Å². The van der Waals surface area contributed by atoms with Gasteiger partial charge in [-0.2, -0.15) is 4.31 Å². The van der Waals surface area contributed by atoms with Gasteiger partial charge >= 0.3 is 6.09 Å². The first-order chi connectivity index (χ1) is 23.2. The van der Waals surface area contributed by atoms with Gasteiger partial charge in [-0.15, -0.1) is 0 Å². The first-order valence-electron chi connectivity index (χ1n) is 16.1. The van der Waals surface area contributed by atoms with Crippen LogP contribution in [0.1, 0.15) is 53.9 Å². The SMILES string of the molecule is CC(C)CN(C[C@@H](O)[C@H](CC1C=CC(OS(=O)c2ccc3c(c2)OCO3)=CCC1)NC(=O)OC(C)(C)C)S(=O)(=O)c1ccc2c(c1)OCO2. The fourth-order valence-electron chi connectivity index (χ4n) is 5.51. The highest BCUT2D eigenvalue weighted by atomic mass is 32.2. The van der Waals surface area contributed by atoms with Crippen LogP contribution >= 0.6 is 0 Å². The van der Waals surface area contributed by atoms with Crippen LogP contribution in [0.25, 0.3) is 0 Å². The smallest absolute Gasteiger partial charge is 0.407 e. The number of hydrogen-bond donors (Lipinski definition) is 2. The Labute approximate surface area is 289 Å². The molecule has 0 spiro atoms. The maximum absolute atomic E-state index is 13.9. The molecule has 268 valence electrons. The summed E-state index contributed by atoms with van der Waals surface area (Å²) in [6.45, 7) is 8.90. The summed E-state index contributed by atoms with van der Waals surface area (Å²) in [7, 11) is -4.08. The normalized spacial score (nSPS) is 18.9. The van der Waals surface area contributed by atoms with Crippen LogP contribution in [0.5, 0.6) is 23.0 Å². The number of allylic oxidation sites excluding steroid dienone is 3. The van der Waals surface area contributed by atoms with Crippen molar-refractivity contribution in [3.05, 3.63) is 60.4 Å². The molecular formula is C34H44N2O11S2. The van der Waals surface area contributed by atoms with Gasteiger partial charge in [0, 0.05) is 25.2 Å². The second-order valence-electron chi connectivity index (χ2n) is 13.4. The number of nitrogens with zero attached hydrogens (tertiary/aromatic N) is 1. The van der Waals surface area contributed by atoms with Crippen LogP contribution in [-0.4, -0.2) is 72.6 Å². The summed E-state index contributed by atoms with van der Waals surface area (Å²) in [5.41, 5.74) is -0.794. The molecule has 2 aromatic carbocycles. The van der Waals surface area contributed by atoms with Crippen molar-refractivity contribution in [2.75, 3.05) is 26.7 Å². The minimum absolute atomic E-state index is 0.00176. The summed E-state index contributed by atoms with van der Waals surface area (Å²) in [6.07, 6.45) is 4.86. The van der Waals surface area contributed by atoms with Gasteiger partial charge in [-0.05, 0) is 88.3 Å². The Bertz CT molecular complexity index is 1700. The largest absolute Gasteiger partial charge is 0.454 e. The van der Waals surface area contributed by atoms with E-state index in [4.69, 9.17) is 27.9 Å². The summed E-state index contributed by atoms with van der Waals surface area (Å²) >= 11 is -1.81. The van der Waals surface area contributed by atoms with Gasteiger partial charge in [0.1, 0.15) is 11.4 Å². The van der Waals surface area contributed by atoms with Crippen molar-refractivity contribution in [3.63, 3.8) is 0 Å². The monoisotopic (exact) mass is 720 g/mol. The molecule has 2 N–H and O–H groups in total. The number of hydrogen-bond acceptors (Lipinski definition) is 11. The fourth-order valence-corrected chi connectivity index (χ4v) is 7.92. The molecule has 4 atom stereocenters. The summed E-state index contributed by atoms with van der Waals surface area (Å²) in [5.74, 6) is 2.04.